The van der Waals surface area contributed by atoms with E-state index in [9.17, 15) is 4.79 Å². The Morgan fingerprint density at radius 1 is 0.958 bits per heavy atom. The lowest BCUT2D eigenvalue weighted by Gasteiger charge is -2.40. The number of piperidine rings is 1. The van der Waals surface area contributed by atoms with Crippen LogP contribution in [-0.4, -0.2) is 97.0 Å². The Morgan fingerprint density at radius 3 is 2.00 bits per heavy atom. The first-order valence-corrected chi connectivity index (χ1v) is 9.81. The molecule has 0 aliphatic carbocycles. The zero-order chi connectivity index (χ0) is 17.7. The number of carbonyl (C=O) groups is 1. The van der Waals surface area contributed by atoms with Gasteiger partial charge in [0.2, 0.25) is 5.91 Å². The number of carbonyl (C=O) groups excluding carboxylic acids is 1. The lowest BCUT2D eigenvalue weighted by molar-refractivity contribution is -0.133. The summed E-state index contributed by atoms with van der Waals surface area (Å²) in [6.07, 6.45) is 2.69. The molecule has 2 aliphatic heterocycles. The van der Waals surface area contributed by atoms with E-state index in [1.165, 1.54) is 32.5 Å². The fourth-order valence-electron chi connectivity index (χ4n) is 3.74. The van der Waals surface area contributed by atoms with Crippen LogP contribution in [0.3, 0.4) is 0 Å². The number of hydrogen-bond acceptors (Lipinski definition) is 4. The smallest absolute Gasteiger partial charge is 0.236 e. The van der Waals surface area contributed by atoms with Crippen molar-refractivity contribution in [3.63, 3.8) is 0 Å². The van der Waals surface area contributed by atoms with Crippen molar-refractivity contribution in [3.05, 3.63) is 0 Å². The maximum atomic E-state index is 12.2. The van der Waals surface area contributed by atoms with Crippen molar-refractivity contribution in [1.82, 2.24) is 19.6 Å². The van der Waals surface area contributed by atoms with Crippen molar-refractivity contribution in [3.8, 4) is 0 Å². The van der Waals surface area contributed by atoms with Crippen LogP contribution in [0, 0.1) is 5.92 Å². The van der Waals surface area contributed by atoms with Crippen molar-refractivity contribution in [2.24, 2.45) is 5.92 Å². The van der Waals surface area contributed by atoms with Crippen molar-refractivity contribution in [2.45, 2.75) is 52.6 Å². The number of piperazine rings is 1. The van der Waals surface area contributed by atoms with E-state index in [2.05, 4.69) is 42.4 Å². The van der Waals surface area contributed by atoms with Crippen molar-refractivity contribution >= 4 is 5.91 Å². The molecule has 0 radical (unpaired) electrons. The Kier molecular flexibility index (Phi) is 7.51. The van der Waals surface area contributed by atoms with Crippen LogP contribution in [0.2, 0.25) is 0 Å². The molecule has 24 heavy (non-hydrogen) atoms. The number of nitrogens with zero attached hydrogens (tertiary/aromatic N) is 4. The normalized spacial score (nSPS) is 22.5. The van der Waals surface area contributed by atoms with Crippen LogP contribution in [-0.2, 0) is 4.79 Å². The highest BCUT2D eigenvalue weighted by molar-refractivity contribution is 5.78. The van der Waals surface area contributed by atoms with E-state index in [1.807, 2.05) is 11.9 Å². The third-order valence-corrected chi connectivity index (χ3v) is 5.89. The molecule has 0 unspecified atom stereocenters. The van der Waals surface area contributed by atoms with E-state index >= 15 is 0 Å². The molecule has 5 heteroatoms. The van der Waals surface area contributed by atoms with Gasteiger partial charge in [-0.2, -0.15) is 0 Å². The Balaban J connectivity index is 1.65. The van der Waals surface area contributed by atoms with Gasteiger partial charge in [0.15, 0.2) is 0 Å². The monoisotopic (exact) mass is 338 g/mol. The molecule has 0 aromatic rings. The molecule has 0 bridgehead atoms. The summed E-state index contributed by atoms with van der Waals surface area (Å²) in [5.74, 6) is 1.11. The first-order chi connectivity index (χ1) is 11.4. The van der Waals surface area contributed by atoms with Gasteiger partial charge in [-0.3, -0.25) is 9.69 Å². The molecule has 0 aromatic heterocycles. The average Bonchev–Trinajstić information content (AvgIpc) is 2.56. The van der Waals surface area contributed by atoms with E-state index in [1.54, 1.807) is 0 Å². The lowest BCUT2D eigenvalue weighted by atomic mass is 9.95. The predicted molar refractivity (Wildman–Crippen MR) is 100 cm³/mol. The number of likely N-dealkylation sites (N-methyl/N-ethyl adjacent to an activating group) is 1. The number of hydrogen-bond donors (Lipinski definition) is 0. The highest BCUT2D eigenvalue weighted by atomic mass is 16.2. The topological polar surface area (TPSA) is 30.0 Å². The Bertz CT molecular complexity index is 383. The summed E-state index contributed by atoms with van der Waals surface area (Å²) in [7, 11) is 1.91. The second-order valence-corrected chi connectivity index (χ2v) is 8.25. The molecule has 140 valence electrons. The molecule has 0 atom stereocenters. The molecule has 1 amide bonds. The van der Waals surface area contributed by atoms with Gasteiger partial charge in [-0.05, 0) is 59.5 Å². The van der Waals surface area contributed by atoms with Gasteiger partial charge >= 0.3 is 0 Å². The van der Waals surface area contributed by atoms with Crippen LogP contribution < -0.4 is 0 Å². The molecular weight excluding hydrogens is 300 g/mol. The van der Waals surface area contributed by atoms with Gasteiger partial charge in [0, 0.05) is 51.9 Å². The van der Waals surface area contributed by atoms with E-state index in [4.69, 9.17) is 0 Å². The Hall–Kier alpha value is -0.650. The minimum atomic E-state index is 0.250. The zero-order valence-corrected chi connectivity index (χ0v) is 16.5. The number of amides is 1. The van der Waals surface area contributed by atoms with Gasteiger partial charge in [-0.15, -0.1) is 0 Å². The summed E-state index contributed by atoms with van der Waals surface area (Å²) in [6, 6.07) is 0.978. The van der Waals surface area contributed by atoms with Gasteiger partial charge in [0.05, 0.1) is 6.54 Å². The Labute approximate surface area is 148 Å². The van der Waals surface area contributed by atoms with Crippen LogP contribution >= 0.6 is 0 Å². The van der Waals surface area contributed by atoms with E-state index in [-0.39, 0.29) is 11.9 Å². The molecule has 0 saturated carbocycles. The summed E-state index contributed by atoms with van der Waals surface area (Å²) in [5, 5.41) is 0. The van der Waals surface area contributed by atoms with Crippen LogP contribution in [0.1, 0.15) is 40.5 Å². The van der Waals surface area contributed by atoms with E-state index < -0.39 is 0 Å². The number of likely N-dealkylation sites (tertiary alicyclic amines) is 1. The first-order valence-electron chi connectivity index (χ1n) is 9.81. The lowest BCUT2D eigenvalue weighted by Crippen LogP contribution is -2.51. The summed E-state index contributed by atoms with van der Waals surface area (Å²) in [5.41, 5.74) is 0. The first kappa shape index (κ1) is 19.7. The van der Waals surface area contributed by atoms with Crippen molar-refractivity contribution in [2.75, 3.05) is 59.4 Å². The van der Waals surface area contributed by atoms with Crippen molar-refractivity contribution < 1.29 is 4.79 Å². The maximum Gasteiger partial charge on any atom is 0.236 e. The fourth-order valence-corrected chi connectivity index (χ4v) is 3.74. The van der Waals surface area contributed by atoms with Crippen LogP contribution in [0.5, 0.6) is 0 Å². The minimum absolute atomic E-state index is 0.250. The molecule has 2 fully saturated rings. The quantitative estimate of drug-likeness (QED) is 0.736. The van der Waals surface area contributed by atoms with Crippen LogP contribution in [0.25, 0.3) is 0 Å². The zero-order valence-electron chi connectivity index (χ0n) is 16.5. The summed E-state index contributed by atoms with van der Waals surface area (Å²) >= 11 is 0. The molecule has 0 spiro atoms. The molecule has 5 nitrogen and oxygen atoms in total. The standard InChI is InChI=1S/C19H38N4O/c1-16(2)20(5)19(24)15-22-12-10-21(11-13-22)14-18-6-8-23(9-7-18)17(3)4/h16-18H,6-15H2,1-5H3. The van der Waals surface area contributed by atoms with Crippen molar-refractivity contribution in [1.29, 1.82) is 0 Å². The van der Waals surface area contributed by atoms with Gasteiger partial charge in [0.25, 0.3) is 0 Å². The highest BCUT2D eigenvalue weighted by Crippen LogP contribution is 2.20. The highest BCUT2D eigenvalue weighted by Gasteiger charge is 2.25. The van der Waals surface area contributed by atoms with Crippen LogP contribution in [0.4, 0.5) is 0 Å². The maximum absolute atomic E-state index is 12.2. The largest absolute Gasteiger partial charge is 0.342 e. The molecule has 2 heterocycles. The molecule has 0 N–H and O–H groups in total. The van der Waals surface area contributed by atoms with Gasteiger partial charge in [0.1, 0.15) is 0 Å². The third-order valence-electron chi connectivity index (χ3n) is 5.89. The van der Waals surface area contributed by atoms with Crippen LogP contribution in [0.15, 0.2) is 0 Å². The molecule has 2 saturated heterocycles. The molecule has 0 aromatic carbocycles. The van der Waals surface area contributed by atoms with Gasteiger partial charge in [-0.1, -0.05) is 0 Å². The van der Waals surface area contributed by atoms with Gasteiger partial charge in [-0.25, -0.2) is 0 Å². The minimum Gasteiger partial charge on any atom is -0.342 e. The predicted octanol–water partition coefficient (Wildman–Crippen LogP) is 1.59. The second kappa shape index (κ2) is 9.16. The SMILES string of the molecule is CC(C)N1CCC(CN2CCN(CC(=O)N(C)C(C)C)CC2)CC1. The summed E-state index contributed by atoms with van der Waals surface area (Å²) in [6.45, 7) is 17.4. The number of rotatable bonds is 6. The van der Waals surface area contributed by atoms with E-state index in [0.29, 0.717) is 12.6 Å². The molecule has 2 aliphatic rings. The fraction of sp³-hybridized carbons (Fsp3) is 0.947. The molecule has 2 rings (SSSR count). The third kappa shape index (κ3) is 5.71. The summed E-state index contributed by atoms with van der Waals surface area (Å²) in [4.78, 5) is 21.6. The molecular formula is C19H38N4O. The average molecular weight is 339 g/mol. The Morgan fingerprint density at radius 2 is 1.50 bits per heavy atom. The second-order valence-electron chi connectivity index (χ2n) is 8.25. The van der Waals surface area contributed by atoms with E-state index in [0.717, 1.165) is 32.1 Å². The van der Waals surface area contributed by atoms with Gasteiger partial charge < -0.3 is 14.7 Å². The summed E-state index contributed by atoms with van der Waals surface area (Å²) < 4.78 is 0.